The molecule has 0 amide bonds. The summed E-state index contributed by atoms with van der Waals surface area (Å²) in [6, 6.07) is 0.638. The normalized spacial score (nSPS) is 33.4. The summed E-state index contributed by atoms with van der Waals surface area (Å²) in [5.41, 5.74) is 0.414. The minimum atomic E-state index is -0.552. The van der Waals surface area contributed by atoms with Crippen molar-refractivity contribution >= 4 is 10.8 Å². The summed E-state index contributed by atoms with van der Waals surface area (Å²) in [6.45, 7) is 11.4. The molecule has 0 spiro atoms. The highest BCUT2D eigenvalue weighted by molar-refractivity contribution is 7.85. The Labute approximate surface area is 121 Å². The van der Waals surface area contributed by atoms with E-state index >= 15 is 0 Å². The van der Waals surface area contributed by atoms with Gasteiger partial charge in [-0.3, -0.25) is 4.21 Å². The third kappa shape index (κ3) is 4.02. The summed E-state index contributed by atoms with van der Waals surface area (Å²) in [5.74, 6) is 2.51. The molecule has 1 heterocycles. The standard InChI is InChI=1S/C15H30N2OS/c1-4-16-14-13(6-5-7-15(14,2)3)12-17-8-10-19(18)11-9-17/h13-14,16H,4-12H2,1-3H3. The molecule has 0 radical (unpaired) electrons. The van der Waals surface area contributed by atoms with Gasteiger partial charge in [0.15, 0.2) is 0 Å². The number of nitrogens with one attached hydrogen (secondary N) is 1. The number of hydrogen-bond donors (Lipinski definition) is 1. The Balaban J connectivity index is 1.94. The first kappa shape index (κ1) is 15.5. The highest BCUT2D eigenvalue weighted by Crippen LogP contribution is 2.39. The van der Waals surface area contributed by atoms with Crippen LogP contribution in [-0.2, 0) is 10.8 Å². The quantitative estimate of drug-likeness (QED) is 0.856. The Morgan fingerprint density at radius 2 is 2.00 bits per heavy atom. The van der Waals surface area contributed by atoms with Crippen LogP contribution in [0.2, 0.25) is 0 Å². The molecule has 2 aliphatic rings. The third-order valence-electron chi connectivity index (χ3n) is 4.90. The van der Waals surface area contributed by atoms with Gasteiger partial charge in [0, 0.05) is 48.0 Å². The van der Waals surface area contributed by atoms with Gasteiger partial charge in [0.2, 0.25) is 0 Å². The van der Waals surface area contributed by atoms with Crippen molar-refractivity contribution in [2.45, 2.75) is 46.1 Å². The zero-order valence-electron chi connectivity index (χ0n) is 12.8. The second-order valence-corrected chi connectivity index (χ2v) is 8.52. The van der Waals surface area contributed by atoms with Gasteiger partial charge in [0.25, 0.3) is 0 Å². The van der Waals surface area contributed by atoms with Gasteiger partial charge >= 0.3 is 0 Å². The molecular weight excluding hydrogens is 256 g/mol. The van der Waals surface area contributed by atoms with Crippen molar-refractivity contribution < 1.29 is 4.21 Å². The zero-order chi connectivity index (χ0) is 13.9. The van der Waals surface area contributed by atoms with Crippen molar-refractivity contribution in [3.05, 3.63) is 0 Å². The van der Waals surface area contributed by atoms with E-state index in [-0.39, 0.29) is 0 Å². The molecule has 2 atom stereocenters. The van der Waals surface area contributed by atoms with Gasteiger partial charge in [0.1, 0.15) is 0 Å². The summed E-state index contributed by atoms with van der Waals surface area (Å²) < 4.78 is 11.4. The number of nitrogens with zero attached hydrogens (tertiary/aromatic N) is 1. The molecule has 1 saturated carbocycles. The molecule has 3 nitrogen and oxygen atoms in total. The molecule has 4 heteroatoms. The largest absolute Gasteiger partial charge is 0.313 e. The van der Waals surface area contributed by atoms with Crippen LogP contribution >= 0.6 is 0 Å². The lowest BCUT2D eigenvalue weighted by molar-refractivity contribution is 0.0822. The van der Waals surface area contributed by atoms with Crippen molar-refractivity contribution in [2.24, 2.45) is 11.3 Å². The predicted octanol–water partition coefficient (Wildman–Crippen LogP) is 1.86. The third-order valence-corrected chi connectivity index (χ3v) is 6.17. The lowest BCUT2D eigenvalue weighted by Gasteiger charge is -2.46. The van der Waals surface area contributed by atoms with E-state index < -0.39 is 10.8 Å². The summed E-state index contributed by atoms with van der Waals surface area (Å²) in [6.07, 6.45) is 4.05. The fourth-order valence-electron chi connectivity index (χ4n) is 3.83. The second kappa shape index (κ2) is 6.68. The van der Waals surface area contributed by atoms with E-state index in [0.717, 1.165) is 37.1 Å². The molecule has 0 aromatic carbocycles. The van der Waals surface area contributed by atoms with E-state index in [4.69, 9.17) is 0 Å². The molecule has 0 bridgehead atoms. The lowest BCUT2D eigenvalue weighted by atomic mass is 9.67. The maximum absolute atomic E-state index is 11.4. The SMILES string of the molecule is CCNC1C(CN2CCS(=O)CC2)CCCC1(C)C. The van der Waals surface area contributed by atoms with E-state index in [1.54, 1.807) is 0 Å². The topological polar surface area (TPSA) is 32.3 Å². The van der Waals surface area contributed by atoms with Crippen LogP contribution in [-0.4, -0.2) is 52.8 Å². The Morgan fingerprint density at radius 1 is 1.32 bits per heavy atom. The van der Waals surface area contributed by atoms with Gasteiger partial charge in [-0.25, -0.2) is 0 Å². The average Bonchev–Trinajstić information content (AvgIpc) is 2.36. The Bertz CT molecular complexity index is 309. The first-order valence-corrected chi connectivity index (χ1v) is 9.32. The smallest absolute Gasteiger partial charge is 0.0363 e. The average molecular weight is 286 g/mol. The molecule has 2 rings (SSSR count). The van der Waals surface area contributed by atoms with E-state index in [1.807, 2.05) is 0 Å². The van der Waals surface area contributed by atoms with Gasteiger partial charge in [-0.15, -0.1) is 0 Å². The molecule has 0 aromatic rings. The second-order valence-electron chi connectivity index (χ2n) is 6.82. The summed E-state index contributed by atoms with van der Waals surface area (Å²) >= 11 is 0. The Kier molecular flexibility index (Phi) is 5.44. The highest BCUT2D eigenvalue weighted by atomic mass is 32.2. The van der Waals surface area contributed by atoms with E-state index in [0.29, 0.717) is 11.5 Å². The van der Waals surface area contributed by atoms with Crippen LogP contribution in [0, 0.1) is 11.3 Å². The molecule has 2 fully saturated rings. The van der Waals surface area contributed by atoms with Crippen LogP contribution in [0.4, 0.5) is 0 Å². The molecule has 1 saturated heterocycles. The van der Waals surface area contributed by atoms with Gasteiger partial charge in [-0.05, 0) is 30.7 Å². The first-order valence-electron chi connectivity index (χ1n) is 7.83. The molecule has 1 aliphatic carbocycles. The van der Waals surface area contributed by atoms with Crippen LogP contribution in [0.1, 0.15) is 40.0 Å². The fourth-order valence-corrected chi connectivity index (χ4v) is 4.96. The van der Waals surface area contributed by atoms with Crippen molar-refractivity contribution in [1.82, 2.24) is 10.2 Å². The van der Waals surface area contributed by atoms with Crippen LogP contribution < -0.4 is 5.32 Å². The number of rotatable bonds is 4. The molecule has 0 aromatic heterocycles. The first-order chi connectivity index (χ1) is 9.03. The van der Waals surface area contributed by atoms with E-state index in [2.05, 4.69) is 31.0 Å². The van der Waals surface area contributed by atoms with E-state index in [9.17, 15) is 4.21 Å². The molecule has 1 aliphatic heterocycles. The molecule has 1 N–H and O–H groups in total. The highest BCUT2D eigenvalue weighted by Gasteiger charge is 2.39. The maximum atomic E-state index is 11.4. The summed E-state index contributed by atoms with van der Waals surface area (Å²) in [7, 11) is -0.552. The van der Waals surface area contributed by atoms with Gasteiger partial charge in [-0.1, -0.05) is 27.2 Å². The van der Waals surface area contributed by atoms with Crippen molar-refractivity contribution in [3.63, 3.8) is 0 Å². The van der Waals surface area contributed by atoms with Gasteiger partial charge < -0.3 is 10.2 Å². The molecular formula is C15H30N2OS. The van der Waals surface area contributed by atoms with E-state index in [1.165, 1.54) is 25.8 Å². The number of hydrogen-bond acceptors (Lipinski definition) is 3. The molecule has 19 heavy (non-hydrogen) atoms. The maximum Gasteiger partial charge on any atom is 0.0363 e. The molecule has 2 unspecified atom stereocenters. The zero-order valence-corrected chi connectivity index (χ0v) is 13.6. The van der Waals surface area contributed by atoms with Crippen molar-refractivity contribution in [2.75, 3.05) is 37.7 Å². The Hall–Kier alpha value is 0.0700. The van der Waals surface area contributed by atoms with Crippen LogP contribution in [0.5, 0.6) is 0 Å². The van der Waals surface area contributed by atoms with Crippen LogP contribution in [0.15, 0.2) is 0 Å². The van der Waals surface area contributed by atoms with Gasteiger partial charge in [0.05, 0.1) is 0 Å². The summed E-state index contributed by atoms with van der Waals surface area (Å²) in [5, 5.41) is 3.74. The molecule has 112 valence electrons. The fraction of sp³-hybridized carbons (Fsp3) is 1.00. The monoisotopic (exact) mass is 286 g/mol. The van der Waals surface area contributed by atoms with Gasteiger partial charge in [-0.2, -0.15) is 0 Å². The minimum absolute atomic E-state index is 0.414. The minimum Gasteiger partial charge on any atom is -0.313 e. The summed E-state index contributed by atoms with van der Waals surface area (Å²) in [4.78, 5) is 2.54. The van der Waals surface area contributed by atoms with Crippen LogP contribution in [0.25, 0.3) is 0 Å². The van der Waals surface area contributed by atoms with Crippen LogP contribution in [0.3, 0.4) is 0 Å². The Morgan fingerprint density at radius 3 is 2.63 bits per heavy atom. The predicted molar refractivity (Wildman–Crippen MR) is 82.9 cm³/mol. The lowest BCUT2D eigenvalue weighted by Crippen LogP contribution is -2.53. The van der Waals surface area contributed by atoms with Crippen molar-refractivity contribution in [1.29, 1.82) is 0 Å². The van der Waals surface area contributed by atoms with Crippen molar-refractivity contribution in [3.8, 4) is 0 Å².